The van der Waals surface area contributed by atoms with E-state index in [-0.39, 0.29) is 5.82 Å². The van der Waals surface area contributed by atoms with Crippen molar-refractivity contribution in [1.29, 1.82) is 0 Å². The van der Waals surface area contributed by atoms with Crippen LogP contribution in [0.2, 0.25) is 5.02 Å². The molecule has 21 heavy (non-hydrogen) atoms. The maximum Gasteiger partial charge on any atom is 0.128 e. The van der Waals surface area contributed by atoms with Crippen LogP contribution in [-0.4, -0.2) is 35.3 Å². The van der Waals surface area contributed by atoms with Crippen LogP contribution in [0.25, 0.3) is 0 Å². The summed E-state index contributed by atoms with van der Waals surface area (Å²) in [5, 5.41) is 4.70. The molecular formula is C15H20ClFN4. The van der Waals surface area contributed by atoms with Gasteiger partial charge in [0.15, 0.2) is 0 Å². The second kappa shape index (κ2) is 6.56. The van der Waals surface area contributed by atoms with Gasteiger partial charge in [0, 0.05) is 12.1 Å². The van der Waals surface area contributed by atoms with Crippen LogP contribution in [-0.2, 0) is 6.54 Å². The van der Waals surface area contributed by atoms with Gasteiger partial charge in [-0.05, 0) is 27.1 Å². The summed E-state index contributed by atoms with van der Waals surface area (Å²) in [5.41, 5.74) is 8.27. The zero-order chi connectivity index (χ0) is 15.6. The summed E-state index contributed by atoms with van der Waals surface area (Å²) in [6.45, 7) is 3.35. The van der Waals surface area contributed by atoms with E-state index in [1.165, 1.54) is 6.07 Å². The van der Waals surface area contributed by atoms with Crippen LogP contribution in [0, 0.1) is 12.7 Å². The Balaban J connectivity index is 2.36. The van der Waals surface area contributed by atoms with Crippen molar-refractivity contribution in [3.63, 3.8) is 0 Å². The first-order valence-corrected chi connectivity index (χ1v) is 7.15. The molecule has 0 saturated heterocycles. The molecule has 2 N–H and O–H groups in total. The van der Waals surface area contributed by atoms with E-state index >= 15 is 0 Å². The Bertz CT molecular complexity index is 624. The van der Waals surface area contributed by atoms with Crippen LogP contribution in [0.5, 0.6) is 0 Å². The van der Waals surface area contributed by atoms with E-state index in [1.807, 2.05) is 25.9 Å². The Morgan fingerprint density at radius 2 is 2.14 bits per heavy atom. The number of halogens is 2. The number of likely N-dealkylation sites (N-methyl/N-ethyl adjacent to an activating group) is 1. The van der Waals surface area contributed by atoms with Gasteiger partial charge in [-0.1, -0.05) is 29.3 Å². The predicted molar refractivity (Wildman–Crippen MR) is 83.0 cm³/mol. The van der Waals surface area contributed by atoms with Gasteiger partial charge in [0.1, 0.15) is 5.82 Å². The quantitative estimate of drug-likeness (QED) is 0.923. The van der Waals surface area contributed by atoms with Gasteiger partial charge in [0.05, 0.1) is 29.5 Å². The lowest BCUT2D eigenvalue weighted by Crippen LogP contribution is -2.24. The second-order valence-corrected chi connectivity index (χ2v) is 5.81. The monoisotopic (exact) mass is 310 g/mol. The van der Waals surface area contributed by atoms with Gasteiger partial charge in [-0.3, -0.25) is 4.68 Å². The van der Waals surface area contributed by atoms with Crippen molar-refractivity contribution < 1.29 is 4.39 Å². The highest BCUT2D eigenvalue weighted by atomic mass is 35.5. The molecule has 6 heteroatoms. The molecule has 0 bridgehead atoms. The number of nitrogens with zero attached hydrogens (tertiary/aromatic N) is 3. The topological polar surface area (TPSA) is 47.1 Å². The Kier molecular flexibility index (Phi) is 4.98. The molecule has 0 aliphatic carbocycles. The van der Waals surface area contributed by atoms with E-state index < -0.39 is 6.04 Å². The lowest BCUT2D eigenvalue weighted by atomic mass is 10.0. The molecule has 2 aromatic rings. The van der Waals surface area contributed by atoms with Crippen LogP contribution in [0.4, 0.5) is 4.39 Å². The first-order chi connectivity index (χ1) is 9.90. The van der Waals surface area contributed by atoms with Gasteiger partial charge in [0.2, 0.25) is 0 Å². The van der Waals surface area contributed by atoms with E-state index in [0.29, 0.717) is 22.8 Å². The summed E-state index contributed by atoms with van der Waals surface area (Å²) >= 11 is 6.20. The van der Waals surface area contributed by atoms with Crippen molar-refractivity contribution in [1.82, 2.24) is 14.7 Å². The summed E-state index contributed by atoms with van der Waals surface area (Å²) < 4.78 is 15.8. The molecule has 1 atom stereocenters. The molecule has 0 aliphatic heterocycles. The molecule has 1 heterocycles. The Morgan fingerprint density at radius 3 is 2.81 bits per heavy atom. The van der Waals surface area contributed by atoms with Gasteiger partial charge in [-0.25, -0.2) is 4.39 Å². The number of aromatic nitrogens is 2. The first-order valence-electron chi connectivity index (χ1n) is 6.77. The Labute approximate surface area is 129 Å². The molecule has 0 spiro atoms. The molecule has 1 unspecified atom stereocenters. The zero-order valence-electron chi connectivity index (χ0n) is 12.5. The van der Waals surface area contributed by atoms with Crippen molar-refractivity contribution in [2.24, 2.45) is 5.73 Å². The summed E-state index contributed by atoms with van der Waals surface area (Å²) in [7, 11) is 3.95. The number of nitrogens with two attached hydrogens (primary N) is 1. The average Bonchev–Trinajstić information content (AvgIpc) is 2.79. The fourth-order valence-corrected chi connectivity index (χ4v) is 2.46. The number of benzene rings is 1. The highest BCUT2D eigenvalue weighted by molar-refractivity contribution is 6.31. The SMILES string of the molecule is Cc1ccc(F)c(C(N)c2c(Cl)cnn2CCN(C)C)c1. The fraction of sp³-hybridized carbons (Fsp3) is 0.400. The smallest absolute Gasteiger partial charge is 0.128 e. The third-order valence-electron chi connectivity index (χ3n) is 3.37. The maximum absolute atomic E-state index is 14.0. The molecule has 1 aromatic carbocycles. The van der Waals surface area contributed by atoms with Gasteiger partial charge in [-0.15, -0.1) is 0 Å². The normalized spacial score (nSPS) is 12.9. The molecule has 0 aliphatic rings. The average molecular weight is 311 g/mol. The molecule has 4 nitrogen and oxygen atoms in total. The Hall–Kier alpha value is -1.43. The van der Waals surface area contributed by atoms with E-state index in [1.54, 1.807) is 23.0 Å². The van der Waals surface area contributed by atoms with Gasteiger partial charge in [0.25, 0.3) is 0 Å². The standard InChI is InChI=1S/C15H20ClFN4/c1-10-4-5-13(17)11(8-10)14(18)15-12(16)9-19-21(15)7-6-20(2)3/h4-5,8-9,14H,6-7,18H2,1-3H3. The molecule has 0 saturated carbocycles. The third kappa shape index (κ3) is 3.61. The van der Waals surface area contributed by atoms with Gasteiger partial charge < -0.3 is 10.6 Å². The van der Waals surface area contributed by atoms with Gasteiger partial charge >= 0.3 is 0 Å². The lowest BCUT2D eigenvalue weighted by molar-refractivity contribution is 0.367. The lowest BCUT2D eigenvalue weighted by Gasteiger charge is -2.18. The van der Waals surface area contributed by atoms with E-state index in [2.05, 4.69) is 5.10 Å². The van der Waals surface area contributed by atoms with Crippen LogP contribution in [0.15, 0.2) is 24.4 Å². The second-order valence-electron chi connectivity index (χ2n) is 5.41. The molecule has 2 rings (SSSR count). The van der Waals surface area contributed by atoms with Crippen molar-refractivity contribution in [3.8, 4) is 0 Å². The van der Waals surface area contributed by atoms with E-state index in [0.717, 1.165) is 12.1 Å². The van der Waals surface area contributed by atoms with Crippen molar-refractivity contribution >= 4 is 11.6 Å². The Morgan fingerprint density at radius 1 is 1.43 bits per heavy atom. The third-order valence-corrected chi connectivity index (χ3v) is 3.66. The minimum Gasteiger partial charge on any atom is -0.319 e. The number of rotatable bonds is 5. The molecule has 1 aromatic heterocycles. The molecule has 0 radical (unpaired) electrons. The summed E-state index contributed by atoms with van der Waals surface area (Å²) in [5.74, 6) is -0.329. The van der Waals surface area contributed by atoms with Crippen LogP contribution < -0.4 is 5.73 Å². The van der Waals surface area contributed by atoms with Crippen molar-refractivity contribution in [3.05, 3.63) is 52.1 Å². The summed E-state index contributed by atoms with van der Waals surface area (Å²) in [6.07, 6.45) is 1.56. The van der Waals surface area contributed by atoms with Crippen LogP contribution >= 0.6 is 11.6 Å². The van der Waals surface area contributed by atoms with Crippen molar-refractivity contribution in [2.75, 3.05) is 20.6 Å². The molecule has 0 amide bonds. The summed E-state index contributed by atoms with van der Waals surface area (Å²) in [4.78, 5) is 2.04. The number of aryl methyl sites for hydroxylation is 1. The largest absolute Gasteiger partial charge is 0.319 e. The van der Waals surface area contributed by atoms with Crippen LogP contribution in [0.1, 0.15) is 22.9 Å². The maximum atomic E-state index is 14.0. The fourth-order valence-electron chi connectivity index (χ4n) is 2.20. The predicted octanol–water partition coefficient (Wildman–Crippen LogP) is 2.59. The molecular weight excluding hydrogens is 291 g/mol. The number of hydrogen-bond donors (Lipinski definition) is 1. The highest BCUT2D eigenvalue weighted by Crippen LogP contribution is 2.28. The van der Waals surface area contributed by atoms with Crippen LogP contribution in [0.3, 0.4) is 0 Å². The zero-order valence-corrected chi connectivity index (χ0v) is 13.2. The molecule has 0 fully saturated rings. The number of hydrogen-bond acceptors (Lipinski definition) is 3. The van der Waals surface area contributed by atoms with Gasteiger partial charge in [-0.2, -0.15) is 5.10 Å². The highest BCUT2D eigenvalue weighted by Gasteiger charge is 2.21. The molecule has 114 valence electrons. The van der Waals surface area contributed by atoms with E-state index in [9.17, 15) is 4.39 Å². The summed E-state index contributed by atoms with van der Waals surface area (Å²) in [6, 6.07) is 4.26. The minimum absolute atomic E-state index is 0.329. The first kappa shape index (κ1) is 15.9. The van der Waals surface area contributed by atoms with Crippen molar-refractivity contribution in [2.45, 2.75) is 19.5 Å². The minimum atomic E-state index is -0.637. The van der Waals surface area contributed by atoms with E-state index in [4.69, 9.17) is 17.3 Å².